The fourth-order valence-corrected chi connectivity index (χ4v) is 4.49. The molecule has 2 amide bonds. The fourth-order valence-electron chi connectivity index (χ4n) is 4.49. The predicted molar refractivity (Wildman–Crippen MR) is 153 cm³/mol. The van der Waals surface area contributed by atoms with Crippen molar-refractivity contribution >= 4 is 23.4 Å². The first-order valence-corrected chi connectivity index (χ1v) is 13.3. The summed E-state index contributed by atoms with van der Waals surface area (Å²) in [6.45, 7) is 3.80. The molecule has 0 aromatic heterocycles. The molecule has 2 aliphatic heterocycles. The van der Waals surface area contributed by atoms with Gasteiger partial charge in [-0.1, -0.05) is 12.1 Å². The number of hydrogen-bond acceptors (Lipinski definition) is 6. The van der Waals surface area contributed by atoms with Crippen LogP contribution < -0.4 is 42.8 Å². The highest BCUT2D eigenvalue weighted by Crippen LogP contribution is 2.32. The normalized spacial score (nSPS) is 17.1. The topological polar surface area (TPSA) is 156 Å². The number of nitrogens with two attached hydrogens (primary N) is 3. The average molecular weight is 573 g/mol. The molecule has 0 fully saturated rings. The number of hydrogen-bond donors (Lipinski definition) is 6. The Balaban J connectivity index is 1.47. The van der Waals surface area contributed by atoms with Gasteiger partial charge in [-0.05, 0) is 80.3 Å². The van der Waals surface area contributed by atoms with Gasteiger partial charge in [-0.15, -0.1) is 13.2 Å². The largest absolute Gasteiger partial charge is 0.573 e. The molecule has 1 unspecified atom stereocenters. The Kier molecular flexibility index (Phi) is 9.40. The molecule has 0 bridgehead atoms. The Labute approximate surface area is 236 Å². The van der Waals surface area contributed by atoms with Crippen molar-refractivity contribution in [2.24, 2.45) is 22.2 Å². The summed E-state index contributed by atoms with van der Waals surface area (Å²) in [6, 6.07) is 11.6. The molecule has 13 heteroatoms. The highest BCUT2D eigenvalue weighted by Gasteiger charge is 2.33. The predicted octanol–water partition coefficient (Wildman–Crippen LogP) is 3.00. The molecule has 0 saturated carbocycles. The van der Waals surface area contributed by atoms with Gasteiger partial charge in [0.25, 0.3) is 0 Å². The van der Waals surface area contributed by atoms with E-state index in [1.165, 1.54) is 17.0 Å². The number of urea groups is 1. The number of benzene rings is 2. The Bertz CT molecular complexity index is 1320. The number of anilines is 1. The van der Waals surface area contributed by atoms with Gasteiger partial charge in [-0.2, -0.15) is 0 Å². The maximum atomic E-state index is 13.0. The maximum Gasteiger partial charge on any atom is 0.573 e. The van der Waals surface area contributed by atoms with Crippen molar-refractivity contribution < 1.29 is 22.7 Å². The number of carbonyl (C=O) groups is 1. The number of halogens is 3. The van der Waals surface area contributed by atoms with Crippen molar-refractivity contribution in [3.8, 4) is 5.75 Å². The number of nitrogens with zero attached hydrogens (tertiary/aromatic N) is 2. The average Bonchev–Trinajstić information content (AvgIpc) is 3.31. The van der Waals surface area contributed by atoms with Crippen LogP contribution in [0.5, 0.6) is 5.75 Å². The number of carbonyl (C=O) groups excluding carboxylic acids is 1. The van der Waals surface area contributed by atoms with Gasteiger partial charge in [-0.3, -0.25) is 9.89 Å². The zero-order valence-electron chi connectivity index (χ0n) is 22.7. The van der Waals surface area contributed by atoms with E-state index in [9.17, 15) is 18.0 Å². The van der Waals surface area contributed by atoms with Crippen molar-refractivity contribution in [3.05, 3.63) is 77.0 Å². The number of guanidine groups is 1. The highest BCUT2D eigenvalue weighted by molar-refractivity contribution is 5.96. The number of nitrogens with one attached hydrogen (secondary N) is 3. The van der Waals surface area contributed by atoms with Crippen LogP contribution in [0.25, 0.3) is 5.70 Å². The van der Waals surface area contributed by atoms with Crippen molar-refractivity contribution in [3.63, 3.8) is 0 Å². The van der Waals surface area contributed by atoms with Gasteiger partial charge in [-0.25, -0.2) is 4.79 Å². The van der Waals surface area contributed by atoms with Crippen molar-refractivity contribution in [1.82, 2.24) is 16.0 Å². The minimum atomic E-state index is -4.82. The van der Waals surface area contributed by atoms with Crippen LogP contribution in [0.4, 0.5) is 23.7 Å². The van der Waals surface area contributed by atoms with E-state index in [1.54, 1.807) is 18.3 Å². The Hall–Kier alpha value is -4.23. The van der Waals surface area contributed by atoms with Crippen LogP contribution in [-0.4, -0.2) is 43.7 Å². The first-order chi connectivity index (χ1) is 19.5. The molecule has 0 radical (unpaired) electrons. The second-order valence-corrected chi connectivity index (χ2v) is 10.0. The van der Waals surface area contributed by atoms with E-state index in [-0.39, 0.29) is 23.8 Å². The lowest BCUT2D eigenvalue weighted by molar-refractivity contribution is -0.274. The summed E-state index contributed by atoms with van der Waals surface area (Å²) in [5.74, 6) is -0.231. The van der Waals surface area contributed by atoms with Crippen LogP contribution in [0.3, 0.4) is 0 Å². The number of fused-ring (bicyclic) bond motifs is 1. The van der Waals surface area contributed by atoms with E-state index in [0.717, 1.165) is 24.1 Å². The van der Waals surface area contributed by atoms with E-state index in [2.05, 4.69) is 25.7 Å². The second kappa shape index (κ2) is 13.0. The summed E-state index contributed by atoms with van der Waals surface area (Å²) < 4.78 is 43.2. The first kappa shape index (κ1) is 29.7. The van der Waals surface area contributed by atoms with Gasteiger partial charge < -0.3 is 37.9 Å². The zero-order chi connectivity index (χ0) is 29.6. The number of amides is 2. The van der Waals surface area contributed by atoms with Crippen molar-refractivity contribution in [1.29, 1.82) is 0 Å². The molecule has 4 rings (SSSR count). The number of ether oxygens (including phenoxy) is 1. The molecular formula is C28H35F3N8O2. The fraction of sp³-hybridized carbons (Fsp3) is 0.357. The van der Waals surface area contributed by atoms with Crippen LogP contribution >= 0.6 is 0 Å². The molecule has 0 spiro atoms. The smallest absolute Gasteiger partial charge is 0.406 e. The monoisotopic (exact) mass is 572 g/mol. The molecule has 220 valence electrons. The Morgan fingerprint density at radius 1 is 1.15 bits per heavy atom. The van der Waals surface area contributed by atoms with E-state index >= 15 is 0 Å². The molecule has 2 aromatic carbocycles. The number of alkyl halides is 3. The summed E-state index contributed by atoms with van der Waals surface area (Å²) >= 11 is 0. The van der Waals surface area contributed by atoms with Crippen LogP contribution in [-0.2, 0) is 13.0 Å². The summed E-state index contributed by atoms with van der Waals surface area (Å²) in [7, 11) is 0. The van der Waals surface area contributed by atoms with Crippen LogP contribution in [0.2, 0.25) is 0 Å². The lowest BCUT2D eigenvalue weighted by Gasteiger charge is -2.29. The van der Waals surface area contributed by atoms with E-state index in [0.29, 0.717) is 48.4 Å². The van der Waals surface area contributed by atoms with E-state index < -0.39 is 12.5 Å². The molecule has 0 aliphatic carbocycles. The Morgan fingerprint density at radius 2 is 1.90 bits per heavy atom. The van der Waals surface area contributed by atoms with Gasteiger partial charge in [0.2, 0.25) is 0 Å². The van der Waals surface area contributed by atoms with Gasteiger partial charge in [0.05, 0.1) is 5.69 Å². The van der Waals surface area contributed by atoms with Crippen molar-refractivity contribution in [2.75, 3.05) is 18.0 Å². The summed E-state index contributed by atoms with van der Waals surface area (Å²) in [5.41, 5.74) is 20.7. The molecule has 9 N–H and O–H groups in total. The van der Waals surface area contributed by atoms with Gasteiger partial charge in [0, 0.05) is 42.2 Å². The molecule has 0 saturated heterocycles. The highest BCUT2D eigenvalue weighted by atomic mass is 19.4. The number of aryl methyl sites for hydroxylation is 1. The molecule has 2 aromatic rings. The van der Waals surface area contributed by atoms with Crippen LogP contribution in [0, 0.1) is 0 Å². The first-order valence-electron chi connectivity index (χ1n) is 13.3. The SMILES string of the molecule is C[C@H](N)CCc1cc(OC(F)(F)F)cc(C2=CC3=CN(c4ccc(CNCCCN=C(N)N)cc4)C(=O)NC3N2)c1. The van der Waals surface area contributed by atoms with Gasteiger partial charge in [0.1, 0.15) is 11.9 Å². The summed E-state index contributed by atoms with van der Waals surface area (Å²) in [6.07, 6.45) is 0.0841. The van der Waals surface area contributed by atoms with Crippen LogP contribution in [0.1, 0.15) is 36.5 Å². The molecular weight excluding hydrogens is 537 g/mol. The van der Waals surface area contributed by atoms with E-state index in [4.69, 9.17) is 17.2 Å². The second-order valence-electron chi connectivity index (χ2n) is 10.0. The summed E-state index contributed by atoms with van der Waals surface area (Å²) in [4.78, 5) is 18.3. The lowest BCUT2D eigenvalue weighted by atomic mass is 10.0. The summed E-state index contributed by atoms with van der Waals surface area (Å²) in [5, 5.41) is 9.40. The quantitative estimate of drug-likeness (QED) is 0.130. The third-order valence-corrected chi connectivity index (χ3v) is 6.46. The minimum absolute atomic E-state index is 0.0793. The van der Waals surface area contributed by atoms with E-state index in [1.807, 2.05) is 31.2 Å². The minimum Gasteiger partial charge on any atom is -0.406 e. The molecule has 41 heavy (non-hydrogen) atoms. The zero-order valence-corrected chi connectivity index (χ0v) is 22.7. The molecule has 2 atom stereocenters. The maximum absolute atomic E-state index is 13.0. The van der Waals surface area contributed by atoms with Crippen molar-refractivity contribution in [2.45, 2.75) is 51.3 Å². The lowest BCUT2D eigenvalue weighted by Crippen LogP contribution is -2.51. The third-order valence-electron chi connectivity index (χ3n) is 6.46. The standard InChI is InChI=1S/C28H35F3N8O2/c1-17(32)3-4-19-11-20(13-23(12-19)41-28(29,30)31)24-14-21-16-39(27(40)38-25(21)37-24)22-7-5-18(6-8-22)15-35-9-2-10-36-26(33)34/h5-8,11-14,16-17,25,35,37H,2-4,9-10,15,32H2,1H3,(H,38,40)(H4,33,34,36)/t17-,25?/m0/s1. The molecule has 2 heterocycles. The molecule has 2 aliphatic rings. The molecule has 10 nitrogen and oxygen atoms in total. The Morgan fingerprint density at radius 3 is 2.59 bits per heavy atom. The number of rotatable bonds is 12. The third kappa shape index (κ3) is 8.63. The van der Waals surface area contributed by atoms with Gasteiger partial charge >= 0.3 is 12.4 Å². The number of aliphatic imine (C=N–C) groups is 1. The van der Waals surface area contributed by atoms with Gasteiger partial charge in [0.15, 0.2) is 5.96 Å². The van der Waals surface area contributed by atoms with Crippen LogP contribution in [0.15, 0.2) is 65.3 Å².